The van der Waals surface area contributed by atoms with E-state index in [9.17, 15) is 0 Å². The Bertz CT molecular complexity index is 307. The van der Waals surface area contributed by atoms with E-state index in [4.69, 9.17) is 10.5 Å². The number of nitrogens with zero attached hydrogens (tertiary/aromatic N) is 2. The summed E-state index contributed by atoms with van der Waals surface area (Å²) in [6.45, 7) is 5.54. The highest BCUT2D eigenvalue weighted by Crippen LogP contribution is 2.23. The summed E-state index contributed by atoms with van der Waals surface area (Å²) < 4.78 is 5.31. The molecule has 15 heavy (non-hydrogen) atoms. The van der Waals surface area contributed by atoms with Crippen LogP contribution in [-0.4, -0.2) is 37.3 Å². The molecular formula is C10H17N3OS. The van der Waals surface area contributed by atoms with Crippen LogP contribution in [0, 0.1) is 0 Å². The number of thiazole rings is 1. The maximum absolute atomic E-state index is 5.76. The molecule has 1 aromatic rings. The third-order valence-corrected chi connectivity index (χ3v) is 3.43. The van der Waals surface area contributed by atoms with Gasteiger partial charge >= 0.3 is 0 Å². The Morgan fingerprint density at radius 2 is 2.33 bits per heavy atom. The molecule has 0 aromatic carbocycles. The van der Waals surface area contributed by atoms with Gasteiger partial charge in [-0.3, -0.25) is 0 Å². The number of hydrogen-bond donors (Lipinski definition) is 1. The van der Waals surface area contributed by atoms with Crippen molar-refractivity contribution >= 4 is 16.5 Å². The lowest BCUT2D eigenvalue weighted by Crippen LogP contribution is -2.36. The second-order valence-corrected chi connectivity index (χ2v) is 4.98. The molecule has 1 fully saturated rings. The van der Waals surface area contributed by atoms with Gasteiger partial charge in [0.05, 0.1) is 13.2 Å². The van der Waals surface area contributed by atoms with Gasteiger partial charge in [-0.1, -0.05) is 0 Å². The fraction of sp³-hybridized carbons (Fsp3) is 0.700. The van der Waals surface area contributed by atoms with Crippen LogP contribution in [0.2, 0.25) is 0 Å². The first-order valence-corrected chi connectivity index (χ1v) is 6.10. The molecule has 1 aliphatic rings. The molecule has 84 valence electrons. The highest BCUT2D eigenvalue weighted by molar-refractivity contribution is 7.15. The van der Waals surface area contributed by atoms with E-state index < -0.39 is 0 Å². The van der Waals surface area contributed by atoms with E-state index in [2.05, 4.69) is 9.88 Å². The molecule has 5 heteroatoms. The van der Waals surface area contributed by atoms with Crippen molar-refractivity contribution in [3.05, 3.63) is 11.1 Å². The summed E-state index contributed by atoms with van der Waals surface area (Å²) in [6, 6.07) is 0.211. The summed E-state index contributed by atoms with van der Waals surface area (Å²) in [7, 11) is 0. The van der Waals surface area contributed by atoms with Crippen LogP contribution in [-0.2, 0) is 11.2 Å². The Hall–Kier alpha value is -0.650. The number of ether oxygens (including phenoxy) is 1. The zero-order chi connectivity index (χ0) is 10.7. The second-order valence-electron chi connectivity index (χ2n) is 3.89. The maximum Gasteiger partial charge on any atom is 0.185 e. The maximum atomic E-state index is 5.76. The highest BCUT2D eigenvalue weighted by atomic mass is 32.1. The third kappa shape index (κ3) is 2.90. The van der Waals surface area contributed by atoms with Crippen molar-refractivity contribution in [2.75, 3.05) is 31.2 Å². The third-order valence-electron chi connectivity index (χ3n) is 2.35. The van der Waals surface area contributed by atoms with Crippen molar-refractivity contribution in [3.8, 4) is 0 Å². The molecule has 4 nitrogen and oxygen atoms in total. The molecule has 0 unspecified atom stereocenters. The van der Waals surface area contributed by atoms with Crippen LogP contribution >= 0.6 is 11.3 Å². The van der Waals surface area contributed by atoms with Gasteiger partial charge in [-0.05, 0) is 13.3 Å². The molecule has 0 aliphatic carbocycles. The SMILES string of the molecule is C[C@H](N)Cc1cnc(N2CCOCC2)s1. The monoisotopic (exact) mass is 227 g/mol. The lowest BCUT2D eigenvalue weighted by atomic mass is 10.2. The minimum absolute atomic E-state index is 0.211. The van der Waals surface area contributed by atoms with E-state index in [1.165, 1.54) is 4.88 Å². The Morgan fingerprint density at radius 1 is 1.60 bits per heavy atom. The highest BCUT2D eigenvalue weighted by Gasteiger charge is 2.14. The van der Waals surface area contributed by atoms with Crippen LogP contribution in [0.3, 0.4) is 0 Å². The van der Waals surface area contributed by atoms with Gasteiger partial charge in [0.2, 0.25) is 0 Å². The zero-order valence-electron chi connectivity index (χ0n) is 8.98. The van der Waals surface area contributed by atoms with E-state index in [1.54, 1.807) is 11.3 Å². The van der Waals surface area contributed by atoms with Gasteiger partial charge < -0.3 is 15.4 Å². The molecule has 1 atom stereocenters. The van der Waals surface area contributed by atoms with Crippen molar-refractivity contribution < 1.29 is 4.74 Å². The molecule has 1 aromatic heterocycles. The molecule has 2 rings (SSSR count). The van der Waals surface area contributed by atoms with Gasteiger partial charge in [0, 0.05) is 30.2 Å². The largest absolute Gasteiger partial charge is 0.378 e. The first-order chi connectivity index (χ1) is 7.25. The smallest absolute Gasteiger partial charge is 0.185 e. The Labute approximate surface area is 94.1 Å². The van der Waals surface area contributed by atoms with Gasteiger partial charge in [0.1, 0.15) is 0 Å². The molecule has 1 saturated heterocycles. The minimum atomic E-state index is 0.211. The van der Waals surface area contributed by atoms with Crippen LogP contribution in [0.4, 0.5) is 5.13 Å². The summed E-state index contributed by atoms with van der Waals surface area (Å²) in [5.74, 6) is 0. The van der Waals surface area contributed by atoms with Crippen LogP contribution in [0.25, 0.3) is 0 Å². The van der Waals surface area contributed by atoms with E-state index in [0.717, 1.165) is 37.9 Å². The quantitative estimate of drug-likeness (QED) is 0.832. The van der Waals surface area contributed by atoms with E-state index in [0.29, 0.717) is 0 Å². The lowest BCUT2D eigenvalue weighted by molar-refractivity contribution is 0.122. The van der Waals surface area contributed by atoms with Crippen LogP contribution in [0.5, 0.6) is 0 Å². The van der Waals surface area contributed by atoms with Crippen LogP contribution < -0.4 is 10.6 Å². The summed E-state index contributed by atoms with van der Waals surface area (Å²) >= 11 is 1.75. The second kappa shape index (κ2) is 4.92. The predicted octanol–water partition coefficient (Wildman–Crippen LogP) is 0.869. The number of hydrogen-bond acceptors (Lipinski definition) is 5. The van der Waals surface area contributed by atoms with Crippen LogP contribution in [0.1, 0.15) is 11.8 Å². The van der Waals surface area contributed by atoms with Gasteiger partial charge in [-0.15, -0.1) is 11.3 Å². The number of aromatic nitrogens is 1. The van der Waals surface area contributed by atoms with Crippen molar-refractivity contribution in [2.24, 2.45) is 5.73 Å². The Morgan fingerprint density at radius 3 is 3.00 bits per heavy atom. The van der Waals surface area contributed by atoms with E-state index in [1.807, 2.05) is 13.1 Å². The topological polar surface area (TPSA) is 51.4 Å². The summed E-state index contributed by atoms with van der Waals surface area (Å²) in [5, 5.41) is 1.11. The normalized spacial score (nSPS) is 19.2. The zero-order valence-corrected chi connectivity index (χ0v) is 9.80. The summed E-state index contributed by atoms with van der Waals surface area (Å²) in [4.78, 5) is 7.97. The molecular weight excluding hydrogens is 210 g/mol. The molecule has 0 amide bonds. The molecule has 2 heterocycles. The molecule has 0 saturated carbocycles. The summed E-state index contributed by atoms with van der Waals surface area (Å²) in [6.07, 6.45) is 2.86. The van der Waals surface area contributed by atoms with Crippen LogP contribution in [0.15, 0.2) is 6.20 Å². The first-order valence-electron chi connectivity index (χ1n) is 5.28. The van der Waals surface area contributed by atoms with Crippen molar-refractivity contribution in [3.63, 3.8) is 0 Å². The average molecular weight is 227 g/mol. The van der Waals surface area contributed by atoms with E-state index >= 15 is 0 Å². The van der Waals surface area contributed by atoms with Crippen molar-refractivity contribution in [1.29, 1.82) is 0 Å². The molecule has 0 spiro atoms. The first kappa shape index (κ1) is 10.9. The standard InChI is InChI=1S/C10H17N3OS/c1-8(11)6-9-7-12-10(15-9)13-2-4-14-5-3-13/h7-8H,2-6,11H2,1H3/t8-/m0/s1. The molecule has 0 radical (unpaired) electrons. The number of anilines is 1. The van der Waals surface area contributed by atoms with Gasteiger partial charge in [-0.25, -0.2) is 4.98 Å². The molecule has 0 bridgehead atoms. The van der Waals surface area contributed by atoms with E-state index in [-0.39, 0.29) is 6.04 Å². The fourth-order valence-corrected chi connectivity index (χ4v) is 2.71. The lowest BCUT2D eigenvalue weighted by Gasteiger charge is -2.25. The number of rotatable bonds is 3. The molecule has 1 aliphatic heterocycles. The summed E-state index contributed by atoms with van der Waals surface area (Å²) in [5.41, 5.74) is 5.76. The number of morpholine rings is 1. The van der Waals surface area contributed by atoms with Crippen molar-refractivity contribution in [2.45, 2.75) is 19.4 Å². The Kier molecular flexibility index (Phi) is 3.56. The number of nitrogens with two attached hydrogens (primary N) is 1. The van der Waals surface area contributed by atoms with Gasteiger partial charge in [0.15, 0.2) is 5.13 Å². The fourth-order valence-electron chi connectivity index (χ4n) is 1.61. The van der Waals surface area contributed by atoms with Gasteiger partial charge in [0.25, 0.3) is 0 Å². The average Bonchev–Trinajstić information content (AvgIpc) is 2.67. The van der Waals surface area contributed by atoms with Gasteiger partial charge in [-0.2, -0.15) is 0 Å². The Balaban J connectivity index is 1.99. The minimum Gasteiger partial charge on any atom is -0.378 e. The predicted molar refractivity (Wildman–Crippen MR) is 62.5 cm³/mol. The van der Waals surface area contributed by atoms with Crippen molar-refractivity contribution in [1.82, 2.24) is 4.98 Å². The molecule has 2 N–H and O–H groups in total.